The summed E-state index contributed by atoms with van der Waals surface area (Å²) < 4.78 is 51.7. The lowest BCUT2D eigenvalue weighted by Crippen LogP contribution is -2.21. The first-order chi connectivity index (χ1) is 7.27. The van der Waals surface area contributed by atoms with Gasteiger partial charge in [-0.3, -0.25) is 4.79 Å². The first-order valence-corrected chi connectivity index (χ1v) is 5.44. The highest BCUT2D eigenvalue weighted by Crippen LogP contribution is 2.29. The van der Waals surface area contributed by atoms with Crippen LogP contribution in [0.4, 0.5) is 8.78 Å². The molecule has 0 spiro atoms. The number of sulfonamides is 1. The van der Waals surface area contributed by atoms with Gasteiger partial charge in [-0.05, 0) is 0 Å². The minimum absolute atomic E-state index is 0.512. The SMILES string of the molecule is COc1cc(=O)[nH]c(C(F)F)c1S(N)(=O)=O. The van der Waals surface area contributed by atoms with Gasteiger partial charge in [0.2, 0.25) is 10.0 Å². The Hall–Kier alpha value is -1.48. The molecular formula is C7H8F2N2O4S. The second kappa shape index (κ2) is 4.18. The number of hydrogen-bond donors (Lipinski definition) is 2. The number of rotatable bonds is 3. The first-order valence-electron chi connectivity index (χ1n) is 3.89. The number of methoxy groups -OCH3 is 1. The van der Waals surface area contributed by atoms with E-state index in [-0.39, 0.29) is 0 Å². The summed E-state index contributed by atoms with van der Waals surface area (Å²) in [7, 11) is -3.37. The van der Waals surface area contributed by atoms with Crippen molar-refractivity contribution >= 4 is 10.0 Å². The summed E-state index contributed by atoms with van der Waals surface area (Å²) in [4.78, 5) is 11.7. The Balaban J connectivity index is 3.72. The van der Waals surface area contributed by atoms with Crippen molar-refractivity contribution in [3.05, 3.63) is 22.1 Å². The standard InChI is InChI=1S/C7H8F2N2O4S/c1-15-3-2-4(12)11-5(7(8)9)6(3)16(10,13)14/h2,7H,1H3,(H,11,12)(H2,10,13,14). The van der Waals surface area contributed by atoms with Crippen molar-refractivity contribution in [1.82, 2.24) is 4.98 Å². The van der Waals surface area contributed by atoms with Crippen LogP contribution >= 0.6 is 0 Å². The molecule has 0 saturated heterocycles. The molecule has 0 atom stereocenters. The number of nitrogens with two attached hydrogens (primary N) is 1. The zero-order valence-electron chi connectivity index (χ0n) is 8.03. The van der Waals surface area contributed by atoms with Gasteiger partial charge in [-0.2, -0.15) is 0 Å². The molecule has 0 aliphatic rings. The number of alkyl halides is 2. The summed E-state index contributed by atoms with van der Waals surface area (Å²) >= 11 is 0. The molecular weight excluding hydrogens is 246 g/mol. The Morgan fingerprint density at radius 1 is 1.50 bits per heavy atom. The molecule has 1 aromatic rings. The highest BCUT2D eigenvalue weighted by Gasteiger charge is 2.26. The van der Waals surface area contributed by atoms with Crippen LogP contribution < -0.4 is 15.4 Å². The second-order valence-corrected chi connectivity index (χ2v) is 4.29. The van der Waals surface area contributed by atoms with Crippen molar-refractivity contribution < 1.29 is 21.9 Å². The fourth-order valence-electron chi connectivity index (χ4n) is 1.14. The fourth-order valence-corrected chi connectivity index (χ4v) is 2.01. The molecule has 0 aromatic carbocycles. The molecule has 0 saturated carbocycles. The largest absolute Gasteiger partial charge is 0.495 e. The van der Waals surface area contributed by atoms with Gasteiger partial charge in [0.25, 0.3) is 12.0 Å². The third-order valence-electron chi connectivity index (χ3n) is 1.71. The predicted molar refractivity (Wildman–Crippen MR) is 49.9 cm³/mol. The van der Waals surface area contributed by atoms with Crippen LogP contribution in [0.3, 0.4) is 0 Å². The van der Waals surface area contributed by atoms with E-state index in [2.05, 4.69) is 4.74 Å². The quantitative estimate of drug-likeness (QED) is 0.790. The molecule has 6 nitrogen and oxygen atoms in total. The van der Waals surface area contributed by atoms with Gasteiger partial charge in [0.05, 0.1) is 7.11 Å². The van der Waals surface area contributed by atoms with Crippen LogP contribution in [0, 0.1) is 0 Å². The van der Waals surface area contributed by atoms with Gasteiger partial charge >= 0.3 is 0 Å². The average Bonchev–Trinajstić information content (AvgIpc) is 2.14. The highest BCUT2D eigenvalue weighted by atomic mass is 32.2. The maximum absolute atomic E-state index is 12.5. The predicted octanol–water partition coefficient (Wildman–Crippen LogP) is -0.0315. The molecule has 1 heterocycles. The van der Waals surface area contributed by atoms with Crippen molar-refractivity contribution in [2.24, 2.45) is 5.14 Å². The number of aromatic nitrogens is 1. The maximum atomic E-state index is 12.5. The number of halogens is 2. The van der Waals surface area contributed by atoms with Gasteiger partial charge in [0, 0.05) is 6.07 Å². The number of primary sulfonamides is 1. The summed E-state index contributed by atoms with van der Waals surface area (Å²) in [6.45, 7) is 0. The Kier molecular flexibility index (Phi) is 3.29. The van der Waals surface area contributed by atoms with E-state index in [0.29, 0.717) is 0 Å². The summed E-state index contributed by atoms with van der Waals surface area (Å²) in [5, 5.41) is 4.76. The number of aromatic amines is 1. The van der Waals surface area contributed by atoms with Gasteiger partial charge in [0.15, 0.2) is 0 Å². The Bertz CT molecular complexity index is 552. The molecule has 90 valence electrons. The fraction of sp³-hybridized carbons (Fsp3) is 0.286. The molecule has 16 heavy (non-hydrogen) atoms. The van der Waals surface area contributed by atoms with Crippen molar-refractivity contribution in [2.75, 3.05) is 7.11 Å². The van der Waals surface area contributed by atoms with Crippen molar-refractivity contribution in [1.29, 1.82) is 0 Å². The molecule has 0 radical (unpaired) electrons. The molecule has 0 aliphatic carbocycles. The van der Waals surface area contributed by atoms with Crippen LogP contribution in [-0.2, 0) is 10.0 Å². The van der Waals surface area contributed by atoms with Crippen LogP contribution in [0.2, 0.25) is 0 Å². The zero-order chi connectivity index (χ0) is 12.5. The van der Waals surface area contributed by atoms with Gasteiger partial charge in [-0.15, -0.1) is 0 Å². The van der Waals surface area contributed by atoms with E-state index in [9.17, 15) is 22.0 Å². The Labute approximate surface area is 89.1 Å². The van der Waals surface area contributed by atoms with E-state index in [4.69, 9.17) is 5.14 Å². The molecule has 1 rings (SSSR count). The van der Waals surface area contributed by atoms with Crippen molar-refractivity contribution in [3.8, 4) is 5.75 Å². The van der Waals surface area contributed by atoms with Gasteiger partial charge in [-0.1, -0.05) is 0 Å². The number of H-pyrrole nitrogens is 1. The van der Waals surface area contributed by atoms with E-state index in [1.807, 2.05) is 0 Å². The molecule has 0 amide bonds. The van der Waals surface area contributed by atoms with Gasteiger partial charge in [-0.25, -0.2) is 22.3 Å². The number of hydrogen-bond acceptors (Lipinski definition) is 4. The molecule has 0 bridgehead atoms. The van der Waals surface area contributed by atoms with Crippen molar-refractivity contribution in [2.45, 2.75) is 11.3 Å². The lowest BCUT2D eigenvalue weighted by atomic mass is 10.3. The third kappa shape index (κ3) is 2.36. The highest BCUT2D eigenvalue weighted by molar-refractivity contribution is 7.89. The van der Waals surface area contributed by atoms with Crippen LogP contribution in [0.5, 0.6) is 5.75 Å². The van der Waals surface area contributed by atoms with Crippen molar-refractivity contribution in [3.63, 3.8) is 0 Å². The number of pyridine rings is 1. The van der Waals surface area contributed by atoms with E-state index >= 15 is 0 Å². The van der Waals surface area contributed by atoms with E-state index < -0.39 is 38.3 Å². The molecule has 3 N–H and O–H groups in total. The first kappa shape index (κ1) is 12.6. The van der Waals surface area contributed by atoms with Crippen LogP contribution in [0.1, 0.15) is 12.1 Å². The molecule has 0 aliphatic heterocycles. The Morgan fingerprint density at radius 3 is 2.44 bits per heavy atom. The Morgan fingerprint density at radius 2 is 2.06 bits per heavy atom. The molecule has 0 fully saturated rings. The van der Waals surface area contributed by atoms with E-state index in [1.54, 1.807) is 4.98 Å². The topological polar surface area (TPSA) is 102 Å². The van der Waals surface area contributed by atoms with Crippen LogP contribution in [0.25, 0.3) is 0 Å². The number of ether oxygens (including phenoxy) is 1. The monoisotopic (exact) mass is 254 g/mol. The van der Waals surface area contributed by atoms with E-state index in [0.717, 1.165) is 13.2 Å². The summed E-state index contributed by atoms with van der Waals surface area (Å²) in [6.07, 6.45) is -3.18. The molecule has 9 heteroatoms. The maximum Gasteiger partial charge on any atom is 0.279 e. The van der Waals surface area contributed by atoms with Gasteiger partial charge < -0.3 is 9.72 Å². The summed E-state index contributed by atoms with van der Waals surface area (Å²) in [5.74, 6) is -0.512. The lowest BCUT2D eigenvalue weighted by molar-refractivity contribution is 0.141. The summed E-state index contributed by atoms with van der Waals surface area (Å²) in [6, 6.07) is 0.728. The van der Waals surface area contributed by atoms with Crippen LogP contribution in [0.15, 0.2) is 15.8 Å². The second-order valence-electron chi connectivity index (χ2n) is 2.79. The minimum atomic E-state index is -4.41. The normalized spacial score (nSPS) is 11.8. The molecule has 0 unspecified atom stereocenters. The van der Waals surface area contributed by atoms with Gasteiger partial charge in [0.1, 0.15) is 16.3 Å². The average molecular weight is 254 g/mol. The number of nitrogens with one attached hydrogen (secondary N) is 1. The molecule has 1 aromatic heterocycles. The third-order valence-corrected chi connectivity index (χ3v) is 2.70. The zero-order valence-corrected chi connectivity index (χ0v) is 8.85. The summed E-state index contributed by atoms with van der Waals surface area (Å²) in [5.41, 5.74) is -1.98. The van der Waals surface area contributed by atoms with E-state index in [1.165, 1.54) is 0 Å². The lowest BCUT2D eigenvalue weighted by Gasteiger charge is -2.10. The minimum Gasteiger partial charge on any atom is -0.495 e. The smallest absolute Gasteiger partial charge is 0.279 e. The van der Waals surface area contributed by atoms with Crippen LogP contribution in [-0.4, -0.2) is 20.5 Å².